The molecule has 0 spiro atoms. The third-order valence-electron chi connectivity index (χ3n) is 4.15. The quantitative estimate of drug-likeness (QED) is 0.770. The van der Waals surface area contributed by atoms with Gasteiger partial charge >= 0.3 is 0 Å². The van der Waals surface area contributed by atoms with E-state index in [9.17, 15) is 13.2 Å². The number of ether oxygens (including phenoxy) is 1. The number of carbonyl (C=O) groups is 1. The van der Waals surface area contributed by atoms with Crippen LogP contribution in [0.25, 0.3) is 0 Å². The van der Waals surface area contributed by atoms with Crippen LogP contribution in [0.15, 0.2) is 23.2 Å². The smallest absolute Gasteiger partial charge is 0.248 e. The first-order valence-corrected chi connectivity index (χ1v) is 11.0. The minimum Gasteiger partial charge on any atom is -0.495 e. The van der Waals surface area contributed by atoms with E-state index in [0.717, 1.165) is 0 Å². The normalized spacial score (nSPS) is 26.0. The zero-order valence-electron chi connectivity index (χ0n) is 13.9. The van der Waals surface area contributed by atoms with Gasteiger partial charge in [0.15, 0.2) is 15.0 Å². The third kappa shape index (κ3) is 3.80. The van der Waals surface area contributed by atoms with Crippen LogP contribution in [0.4, 0.5) is 5.69 Å². The number of nitrogens with zero attached hydrogens (tertiary/aromatic N) is 2. The zero-order valence-corrected chi connectivity index (χ0v) is 16.3. The largest absolute Gasteiger partial charge is 0.495 e. The summed E-state index contributed by atoms with van der Waals surface area (Å²) < 4.78 is 29.5. The zero-order chi connectivity index (χ0) is 18.2. The average molecular weight is 403 g/mol. The average Bonchev–Trinajstić information content (AvgIpc) is 2.98. The summed E-state index contributed by atoms with van der Waals surface area (Å²) >= 11 is 7.39. The van der Waals surface area contributed by atoms with Crippen molar-refractivity contribution in [2.45, 2.75) is 31.1 Å². The van der Waals surface area contributed by atoms with Gasteiger partial charge < -0.3 is 9.64 Å². The Kier molecular flexibility index (Phi) is 5.31. The van der Waals surface area contributed by atoms with Gasteiger partial charge in [0.05, 0.1) is 30.3 Å². The minimum atomic E-state index is -3.11. The van der Waals surface area contributed by atoms with Gasteiger partial charge in [0.25, 0.3) is 0 Å². The molecule has 3 rings (SSSR count). The lowest BCUT2D eigenvalue weighted by Gasteiger charge is -2.26. The van der Waals surface area contributed by atoms with E-state index in [4.69, 9.17) is 16.3 Å². The van der Waals surface area contributed by atoms with E-state index in [2.05, 4.69) is 4.99 Å². The van der Waals surface area contributed by atoms with Crippen molar-refractivity contribution in [2.75, 3.05) is 23.5 Å². The number of amidine groups is 1. The van der Waals surface area contributed by atoms with E-state index < -0.39 is 9.84 Å². The number of anilines is 1. The molecular weight excluding hydrogens is 384 g/mol. The number of thioether (sulfide) groups is 1. The summed E-state index contributed by atoms with van der Waals surface area (Å²) in [4.78, 5) is 18.1. The molecule has 2 fully saturated rings. The van der Waals surface area contributed by atoms with Crippen molar-refractivity contribution in [3.05, 3.63) is 23.2 Å². The maximum absolute atomic E-state index is 12.1. The molecule has 2 saturated heterocycles. The molecule has 0 radical (unpaired) electrons. The van der Waals surface area contributed by atoms with Crippen molar-refractivity contribution in [3.8, 4) is 5.75 Å². The van der Waals surface area contributed by atoms with Gasteiger partial charge in [0.1, 0.15) is 5.75 Å². The first kappa shape index (κ1) is 18.5. The number of amides is 1. The highest BCUT2D eigenvalue weighted by Gasteiger charge is 2.50. The number of methoxy groups -OCH3 is 1. The Morgan fingerprint density at radius 3 is 2.88 bits per heavy atom. The van der Waals surface area contributed by atoms with Gasteiger partial charge in [-0.15, -0.1) is 0 Å². The lowest BCUT2D eigenvalue weighted by Crippen LogP contribution is -2.38. The number of hydrogen-bond acceptors (Lipinski definition) is 5. The second kappa shape index (κ2) is 7.17. The van der Waals surface area contributed by atoms with E-state index in [1.54, 1.807) is 18.2 Å². The molecule has 0 N–H and O–H groups in total. The monoisotopic (exact) mass is 402 g/mol. The van der Waals surface area contributed by atoms with Crippen LogP contribution < -0.4 is 9.64 Å². The van der Waals surface area contributed by atoms with Crippen LogP contribution in [-0.4, -0.2) is 49.4 Å². The molecule has 6 nitrogen and oxygen atoms in total. The van der Waals surface area contributed by atoms with Crippen molar-refractivity contribution < 1.29 is 17.9 Å². The Balaban J connectivity index is 2.05. The van der Waals surface area contributed by atoms with Crippen molar-refractivity contribution in [2.24, 2.45) is 4.99 Å². The van der Waals surface area contributed by atoms with Gasteiger partial charge in [-0.2, -0.15) is 4.99 Å². The molecule has 0 aliphatic carbocycles. The SMILES string of the molecule is CCCC(=O)N=C1S[C@@H]2CS(=O)(=O)C[C@@H]2N1c1ccc(Cl)cc1OC. The minimum absolute atomic E-state index is 0.0391. The number of aliphatic imine (C=N–C) groups is 1. The first-order chi connectivity index (χ1) is 11.8. The number of benzene rings is 1. The first-order valence-electron chi connectivity index (χ1n) is 7.96. The summed E-state index contributed by atoms with van der Waals surface area (Å²) in [7, 11) is -1.58. The number of hydrogen-bond donors (Lipinski definition) is 0. The fraction of sp³-hybridized carbons (Fsp3) is 0.500. The maximum atomic E-state index is 12.1. The van der Waals surface area contributed by atoms with Gasteiger partial charge in [-0.3, -0.25) is 4.79 Å². The highest BCUT2D eigenvalue weighted by atomic mass is 35.5. The van der Waals surface area contributed by atoms with Gasteiger partial charge in [0, 0.05) is 22.8 Å². The van der Waals surface area contributed by atoms with Crippen LogP contribution in [0.5, 0.6) is 5.75 Å². The van der Waals surface area contributed by atoms with Crippen LogP contribution in [0, 0.1) is 0 Å². The number of rotatable bonds is 4. The molecule has 2 aliphatic heterocycles. The fourth-order valence-corrected chi connectivity index (χ4v) is 7.16. The van der Waals surface area contributed by atoms with Crippen LogP contribution in [0.2, 0.25) is 5.02 Å². The Labute approximate surface area is 156 Å². The maximum Gasteiger partial charge on any atom is 0.248 e. The van der Waals surface area contributed by atoms with Crippen molar-refractivity contribution in [1.82, 2.24) is 0 Å². The van der Waals surface area contributed by atoms with Crippen molar-refractivity contribution in [1.29, 1.82) is 0 Å². The van der Waals surface area contributed by atoms with Gasteiger partial charge in [-0.25, -0.2) is 8.42 Å². The summed E-state index contributed by atoms with van der Waals surface area (Å²) in [5, 5.41) is 0.908. The van der Waals surface area contributed by atoms with E-state index in [0.29, 0.717) is 34.5 Å². The lowest BCUT2D eigenvalue weighted by atomic mass is 10.2. The molecule has 136 valence electrons. The molecule has 9 heteroatoms. The van der Waals surface area contributed by atoms with Crippen LogP contribution >= 0.6 is 23.4 Å². The summed E-state index contributed by atoms with van der Waals surface area (Å²) in [6, 6.07) is 4.89. The molecule has 2 atom stereocenters. The predicted molar refractivity (Wildman–Crippen MR) is 102 cm³/mol. The van der Waals surface area contributed by atoms with E-state index in [1.807, 2.05) is 11.8 Å². The Morgan fingerprint density at radius 2 is 2.20 bits per heavy atom. The van der Waals surface area contributed by atoms with E-state index in [1.165, 1.54) is 18.9 Å². The number of fused-ring (bicyclic) bond motifs is 1. The number of carbonyl (C=O) groups excluding carboxylic acids is 1. The Bertz CT molecular complexity index is 825. The molecule has 1 amide bonds. The lowest BCUT2D eigenvalue weighted by molar-refractivity contribution is -0.117. The van der Waals surface area contributed by atoms with Crippen molar-refractivity contribution >= 4 is 50.0 Å². The molecule has 0 unspecified atom stereocenters. The standard InChI is InChI=1S/C16H19ClN2O4S2/c1-3-4-15(20)18-16-19(11-6-5-10(17)7-13(11)23-2)12-8-25(21,22)9-14(12)24-16/h5-7,12,14H,3-4,8-9H2,1-2H3/t12-,14+/m0/s1. The summed E-state index contributed by atoms with van der Waals surface area (Å²) in [6.07, 6.45) is 1.08. The van der Waals surface area contributed by atoms with Crippen LogP contribution in [-0.2, 0) is 14.6 Å². The summed E-state index contributed by atoms with van der Waals surface area (Å²) in [5.74, 6) is 0.451. The van der Waals surface area contributed by atoms with E-state index >= 15 is 0 Å². The number of sulfone groups is 1. The second-order valence-corrected chi connectivity index (χ2v) is 9.82. The van der Waals surface area contributed by atoms with E-state index in [-0.39, 0.29) is 28.7 Å². The topological polar surface area (TPSA) is 76.0 Å². The number of halogens is 1. The van der Waals surface area contributed by atoms with Gasteiger partial charge in [-0.1, -0.05) is 30.3 Å². The molecule has 1 aromatic rings. The van der Waals surface area contributed by atoms with Crippen LogP contribution in [0.3, 0.4) is 0 Å². The Hall–Kier alpha value is -1.25. The summed E-state index contributed by atoms with van der Waals surface area (Å²) in [5.41, 5.74) is 0.673. The molecule has 2 aliphatic rings. The molecule has 0 saturated carbocycles. The van der Waals surface area contributed by atoms with Gasteiger partial charge in [-0.05, 0) is 18.6 Å². The highest BCUT2D eigenvalue weighted by molar-refractivity contribution is 8.16. The highest BCUT2D eigenvalue weighted by Crippen LogP contribution is 2.44. The Morgan fingerprint density at radius 1 is 1.44 bits per heavy atom. The molecule has 0 aromatic heterocycles. The second-order valence-electron chi connectivity index (χ2n) is 6.02. The predicted octanol–water partition coefficient (Wildman–Crippen LogP) is 2.75. The molecular formula is C16H19ClN2O4S2. The molecule has 2 heterocycles. The molecule has 25 heavy (non-hydrogen) atoms. The van der Waals surface area contributed by atoms with Gasteiger partial charge in [0.2, 0.25) is 5.91 Å². The third-order valence-corrected chi connectivity index (χ3v) is 7.60. The van der Waals surface area contributed by atoms with Crippen molar-refractivity contribution in [3.63, 3.8) is 0 Å². The fourth-order valence-electron chi connectivity index (χ4n) is 3.07. The molecule has 1 aromatic carbocycles. The summed E-state index contributed by atoms with van der Waals surface area (Å²) in [6.45, 7) is 1.92. The van der Waals surface area contributed by atoms with Crippen LogP contribution in [0.1, 0.15) is 19.8 Å². The molecule has 0 bridgehead atoms.